The van der Waals surface area contributed by atoms with Crippen LogP contribution in [0, 0.1) is 0 Å². The molecule has 4 heteroatoms. The molecule has 0 fully saturated rings. The van der Waals surface area contributed by atoms with Gasteiger partial charge in [-0.05, 0) is 47.9 Å². The summed E-state index contributed by atoms with van der Waals surface area (Å²) < 4.78 is 3.23. The van der Waals surface area contributed by atoms with Crippen LogP contribution in [0.5, 0.6) is 0 Å². The average Bonchev–Trinajstić information content (AvgIpc) is 2.44. The van der Waals surface area contributed by atoms with Gasteiger partial charge in [-0.25, -0.2) is 4.79 Å². The lowest BCUT2D eigenvalue weighted by Gasteiger charge is -2.05. The Labute approximate surface area is 116 Å². The minimum Gasteiger partial charge on any atom is -0.478 e. The Kier molecular flexibility index (Phi) is 4.64. The van der Waals surface area contributed by atoms with Crippen molar-refractivity contribution in [3.63, 3.8) is 0 Å². The molecule has 19 heavy (non-hydrogen) atoms. The zero-order valence-electron chi connectivity index (χ0n) is 10.1. The van der Waals surface area contributed by atoms with Crippen molar-refractivity contribution >= 4 is 29.7 Å². The van der Waals surface area contributed by atoms with Crippen LogP contribution in [-0.2, 0) is 4.79 Å². The van der Waals surface area contributed by atoms with Gasteiger partial charge < -0.3 is 9.83 Å². The summed E-state index contributed by atoms with van der Waals surface area (Å²) in [7, 11) is 0. The van der Waals surface area contributed by atoms with Crippen LogP contribution in [0.1, 0.15) is 5.56 Å². The van der Waals surface area contributed by atoms with E-state index in [1.54, 1.807) is 6.08 Å². The molecule has 0 saturated carbocycles. The number of carboxylic acids is 1. The monoisotopic (exact) mass is 271 g/mol. The third kappa shape index (κ3) is 4.52. The molecule has 0 amide bonds. The Morgan fingerprint density at radius 1 is 1.11 bits per heavy atom. The minimum atomic E-state index is -0.944. The van der Waals surface area contributed by atoms with E-state index < -0.39 is 5.97 Å². The van der Waals surface area contributed by atoms with Gasteiger partial charge in [-0.15, -0.1) is 0 Å². The molecule has 0 heterocycles. The van der Waals surface area contributed by atoms with Gasteiger partial charge in [0.2, 0.25) is 0 Å². The molecular weight excluding hydrogens is 258 g/mol. The number of aliphatic carboxylic acids is 1. The van der Waals surface area contributed by atoms with E-state index in [-0.39, 0.29) is 0 Å². The third-order valence-corrected chi connectivity index (χ3v) is 3.16. The van der Waals surface area contributed by atoms with E-state index in [0.29, 0.717) is 0 Å². The van der Waals surface area contributed by atoms with Crippen LogP contribution >= 0.6 is 11.9 Å². The highest BCUT2D eigenvalue weighted by molar-refractivity contribution is 8.00. The van der Waals surface area contributed by atoms with Crippen molar-refractivity contribution in [2.24, 2.45) is 0 Å². The van der Waals surface area contributed by atoms with Gasteiger partial charge in [0, 0.05) is 16.7 Å². The standard InChI is InChI=1S/C15H13NO2S/c17-15(18)10-9-12-5-4-8-14(11-12)19-16-13-6-2-1-3-7-13/h1-11,16H,(H,17,18)/b10-9+. The molecule has 2 aromatic carbocycles. The zero-order chi connectivity index (χ0) is 13.5. The van der Waals surface area contributed by atoms with Gasteiger partial charge in [-0.1, -0.05) is 30.3 Å². The van der Waals surface area contributed by atoms with E-state index in [1.165, 1.54) is 11.9 Å². The summed E-state index contributed by atoms with van der Waals surface area (Å²) in [6.07, 6.45) is 2.71. The van der Waals surface area contributed by atoms with Gasteiger partial charge in [0.25, 0.3) is 0 Å². The second-order valence-electron chi connectivity index (χ2n) is 3.81. The van der Waals surface area contributed by atoms with Gasteiger partial charge in [-0.2, -0.15) is 0 Å². The predicted molar refractivity (Wildman–Crippen MR) is 79.0 cm³/mol. The molecule has 0 aliphatic carbocycles. The van der Waals surface area contributed by atoms with E-state index in [2.05, 4.69) is 4.72 Å². The number of carbonyl (C=O) groups is 1. The topological polar surface area (TPSA) is 49.3 Å². The van der Waals surface area contributed by atoms with Crippen LogP contribution in [0.15, 0.2) is 65.6 Å². The van der Waals surface area contributed by atoms with Crippen LogP contribution in [0.3, 0.4) is 0 Å². The lowest BCUT2D eigenvalue weighted by atomic mass is 10.2. The molecule has 2 N–H and O–H groups in total. The molecule has 0 spiro atoms. The van der Waals surface area contributed by atoms with Crippen LogP contribution in [-0.4, -0.2) is 11.1 Å². The highest BCUT2D eigenvalue weighted by Crippen LogP contribution is 2.22. The number of hydrogen-bond donors (Lipinski definition) is 2. The quantitative estimate of drug-likeness (QED) is 0.639. The average molecular weight is 271 g/mol. The first-order valence-electron chi connectivity index (χ1n) is 5.73. The Morgan fingerprint density at radius 2 is 1.89 bits per heavy atom. The zero-order valence-corrected chi connectivity index (χ0v) is 10.9. The van der Waals surface area contributed by atoms with E-state index in [9.17, 15) is 4.79 Å². The molecule has 2 aromatic rings. The number of nitrogens with one attached hydrogen (secondary N) is 1. The van der Waals surface area contributed by atoms with Gasteiger partial charge in [0.15, 0.2) is 0 Å². The molecule has 0 bridgehead atoms. The van der Waals surface area contributed by atoms with Gasteiger partial charge in [0.05, 0.1) is 0 Å². The number of rotatable bonds is 5. The van der Waals surface area contributed by atoms with Crippen LogP contribution in [0.2, 0.25) is 0 Å². The molecule has 0 unspecified atom stereocenters. The van der Waals surface area contributed by atoms with Gasteiger partial charge in [0.1, 0.15) is 0 Å². The van der Waals surface area contributed by atoms with E-state index >= 15 is 0 Å². The molecule has 0 aliphatic rings. The molecular formula is C15H13NO2S. The number of para-hydroxylation sites is 1. The second-order valence-corrected chi connectivity index (χ2v) is 4.69. The summed E-state index contributed by atoms with van der Waals surface area (Å²) >= 11 is 1.49. The Hall–Kier alpha value is -2.20. The van der Waals surface area contributed by atoms with Crippen molar-refractivity contribution in [3.8, 4) is 0 Å². The minimum absolute atomic E-state index is 0.863. The van der Waals surface area contributed by atoms with Crippen molar-refractivity contribution in [2.45, 2.75) is 4.90 Å². The molecule has 96 valence electrons. The highest BCUT2D eigenvalue weighted by atomic mass is 32.2. The summed E-state index contributed by atoms with van der Waals surface area (Å²) in [5.74, 6) is -0.944. The summed E-state index contributed by atoms with van der Waals surface area (Å²) in [5.41, 5.74) is 1.89. The normalized spacial score (nSPS) is 10.5. The van der Waals surface area contributed by atoms with Crippen molar-refractivity contribution in [3.05, 3.63) is 66.2 Å². The smallest absolute Gasteiger partial charge is 0.328 e. The molecule has 0 aliphatic heterocycles. The van der Waals surface area contributed by atoms with Gasteiger partial charge in [-0.3, -0.25) is 0 Å². The summed E-state index contributed by atoms with van der Waals surface area (Å²) in [4.78, 5) is 11.5. The van der Waals surface area contributed by atoms with Crippen molar-refractivity contribution < 1.29 is 9.90 Å². The van der Waals surface area contributed by atoms with Crippen LogP contribution < -0.4 is 4.72 Å². The van der Waals surface area contributed by atoms with E-state index in [0.717, 1.165) is 22.2 Å². The maximum atomic E-state index is 10.5. The van der Waals surface area contributed by atoms with E-state index in [1.807, 2.05) is 54.6 Å². The predicted octanol–water partition coefficient (Wildman–Crippen LogP) is 3.90. The largest absolute Gasteiger partial charge is 0.478 e. The van der Waals surface area contributed by atoms with Crippen molar-refractivity contribution in [1.29, 1.82) is 0 Å². The lowest BCUT2D eigenvalue weighted by molar-refractivity contribution is -0.131. The van der Waals surface area contributed by atoms with Crippen molar-refractivity contribution in [2.75, 3.05) is 4.72 Å². The highest BCUT2D eigenvalue weighted by Gasteiger charge is 1.96. The summed E-state index contributed by atoms with van der Waals surface area (Å²) in [6, 6.07) is 17.5. The first-order chi connectivity index (χ1) is 9.24. The van der Waals surface area contributed by atoms with Crippen LogP contribution in [0.25, 0.3) is 6.08 Å². The molecule has 0 aromatic heterocycles. The van der Waals surface area contributed by atoms with Crippen molar-refractivity contribution in [1.82, 2.24) is 0 Å². The number of benzene rings is 2. The number of anilines is 1. The fraction of sp³-hybridized carbons (Fsp3) is 0. The Balaban J connectivity index is 2.01. The second kappa shape index (κ2) is 6.66. The lowest BCUT2D eigenvalue weighted by Crippen LogP contribution is -1.87. The fourth-order valence-corrected chi connectivity index (χ4v) is 2.19. The van der Waals surface area contributed by atoms with E-state index in [4.69, 9.17) is 5.11 Å². The molecule has 3 nitrogen and oxygen atoms in total. The summed E-state index contributed by atoms with van der Waals surface area (Å²) in [5, 5.41) is 8.59. The SMILES string of the molecule is O=C(O)/C=C/c1cccc(SNc2ccccc2)c1. The number of carboxylic acid groups (broad SMARTS) is 1. The maximum Gasteiger partial charge on any atom is 0.328 e. The Bertz CT molecular complexity index is 582. The molecule has 0 radical (unpaired) electrons. The fourth-order valence-electron chi connectivity index (χ4n) is 1.47. The van der Waals surface area contributed by atoms with Gasteiger partial charge >= 0.3 is 5.97 Å². The molecule has 2 rings (SSSR count). The first kappa shape index (κ1) is 13.2. The maximum absolute atomic E-state index is 10.5. The first-order valence-corrected chi connectivity index (χ1v) is 6.55. The number of hydrogen-bond acceptors (Lipinski definition) is 3. The third-order valence-electron chi connectivity index (χ3n) is 2.34. The summed E-state index contributed by atoms with van der Waals surface area (Å²) in [6.45, 7) is 0. The van der Waals surface area contributed by atoms with Crippen LogP contribution in [0.4, 0.5) is 5.69 Å². The molecule has 0 saturated heterocycles. The Morgan fingerprint density at radius 3 is 2.63 bits per heavy atom. The molecule has 0 atom stereocenters.